The van der Waals surface area contributed by atoms with E-state index in [-0.39, 0.29) is 6.04 Å². The molecule has 3 heterocycles. The van der Waals surface area contributed by atoms with Crippen LogP contribution < -0.4 is 4.90 Å². The maximum absolute atomic E-state index is 5.98. The van der Waals surface area contributed by atoms with Crippen LogP contribution in [0.25, 0.3) is 21.2 Å². The number of nitrogens with zero attached hydrogens (tertiary/aromatic N) is 3. The van der Waals surface area contributed by atoms with Crippen molar-refractivity contribution in [2.45, 2.75) is 13.0 Å². The Bertz CT molecular complexity index is 910. The summed E-state index contributed by atoms with van der Waals surface area (Å²) < 4.78 is 5.98. The number of hydrogen-bond acceptors (Lipinski definition) is 5. The summed E-state index contributed by atoms with van der Waals surface area (Å²) in [6.07, 6.45) is 1.62. The Morgan fingerprint density at radius 1 is 1.18 bits per heavy atom. The van der Waals surface area contributed by atoms with Gasteiger partial charge in [-0.05, 0) is 30.5 Å². The van der Waals surface area contributed by atoms with E-state index in [1.165, 1.54) is 0 Å². The number of fused-ring (bicyclic) bond motifs is 2. The molecule has 1 aromatic carbocycles. The van der Waals surface area contributed by atoms with Crippen molar-refractivity contribution in [1.82, 2.24) is 9.97 Å². The first-order chi connectivity index (χ1) is 10.7. The molecule has 4 aromatic rings. The van der Waals surface area contributed by atoms with Crippen LogP contribution in [0, 0.1) is 0 Å². The highest BCUT2D eigenvalue weighted by Crippen LogP contribution is 2.33. The van der Waals surface area contributed by atoms with Crippen molar-refractivity contribution in [2.75, 3.05) is 11.9 Å². The van der Waals surface area contributed by atoms with E-state index in [0.717, 1.165) is 32.8 Å². The third-order valence-electron chi connectivity index (χ3n) is 4.01. The van der Waals surface area contributed by atoms with Gasteiger partial charge in [-0.25, -0.2) is 9.97 Å². The molecule has 1 atom stereocenters. The van der Waals surface area contributed by atoms with Gasteiger partial charge in [-0.15, -0.1) is 11.3 Å². The minimum Gasteiger partial charge on any atom is -0.459 e. The Labute approximate surface area is 132 Å². The van der Waals surface area contributed by atoms with Crippen molar-refractivity contribution in [3.63, 3.8) is 0 Å². The topological polar surface area (TPSA) is 42.2 Å². The van der Waals surface area contributed by atoms with Crippen LogP contribution in [0.15, 0.2) is 52.5 Å². The van der Waals surface area contributed by atoms with Crippen LogP contribution in [0.1, 0.15) is 18.7 Å². The molecule has 0 N–H and O–H groups in total. The number of anilines is 1. The van der Waals surface area contributed by atoms with Crippen molar-refractivity contribution >= 4 is 38.3 Å². The van der Waals surface area contributed by atoms with E-state index in [2.05, 4.69) is 40.0 Å². The molecule has 5 heteroatoms. The first-order valence-electron chi connectivity index (χ1n) is 7.13. The molecule has 0 radical (unpaired) electrons. The van der Waals surface area contributed by atoms with Crippen LogP contribution in [-0.2, 0) is 0 Å². The first kappa shape index (κ1) is 13.3. The van der Waals surface area contributed by atoms with Gasteiger partial charge in [-0.3, -0.25) is 0 Å². The molecule has 0 spiro atoms. The van der Waals surface area contributed by atoms with Gasteiger partial charge in [0.2, 0.25) is 0 Å². The maximum Gasteiger partial charge on any atom is 0.141 e. The van der Waals surface area contributed by atoms with Crippen LogP contribution in [0.3, 0.4) is 0 Å². The van der Waals surface area contributed by atoms with Crippen LogP contribution in [0.2, 0.25) is 0 Å². The average molecular weight is 309 g/mol. The molecule has 4 nitrogen and oxygen atoms in total. The molecular weight excluding hydrogens is 294 g/mol. The summed E-state index contributed by atoms with van der Waals surface area (Å²) in [4.78, 5) is 11.9. The molecule has 0 saturated heterocycles. The average Bonchev–Trinajstić information content (AvgIpc) is 3.19. The Morgan fingerprint density at radius 2 is 2.05 bits per heavy atom. The van der Waals surface area contributed by atoms with Gasteiger partial charge in [0, 0.05) is 12.4 Å². The highest BCUT2D eigenvalue weighted by molar-refractivity contribution is 7.16. The molecule has 0 bridgehead atoms. The summed E-state index contributed by atoms with van der Waals surface area (Å²) in [5.41, 5.74) is 0.918. The van der Waals surface area contributed by atoms with E-state index in [4.69, 9.17) is 4.42 Å². The number of aromatic nitrogens is 2. The lowest BCUT2D eigenvalue weighted by Gasteiger charge is -2.24. The van der Waals surface area contributed by atoms with Crippen molar-refractivity contribution in [1.29, 1.82) is 0 Å². The standard InChI is InChI=1S/C17H15N3OS/c1-11(15-9-12-5-3-4-6-14(12)21-15)20(2)16-13-7-8-22-17(13)19-10-18-16/h3-11H,1-2H3. The molecular formula is C17H15N3OS. The second-order valence-corrected chi connectivity index (χ2v) is 6.20. The number of benzene rings is 1. The minimum atomic E-state index is 0.0883. The Kier molecular flexibility index (Phi) is 3.08. The molecule has 110 valence electrons. The van der Waals surface area contributed by atoms with Gasteiger partial charge in [-0.2, -0.15) is 0 Å². The van der Waals surface area contributed by atoms with E-state index in [9.17, 15) is 0 Å². The fourth-order valence-corrected chi connectivity index (χ4v) is 3.37. The zero-order valence-electron chi connectivity index (χ0n) is 12.4. The second-order valence-electron chi connectivity index (χ2n) is 5.31. The van der Waals surface area contributed by atoms with Crippen molar-refractivity contribution in [2.24, 2.45) is 0 Å². The largest absolute Gasteiger partial charge is 0.459 e. The molecule has 0 aliphatic heterocycles. The molecule has 1 unspecified atom stereocenters. The fraction of sp³-hybridized carbons (Fsp3) is 0.176. The van der Waals surface area contributed by atoms with Crippen molar-refractivity contribution < 1.29 is 4.42 Å². The quantitative estimate of drug-likeness (QED) is 0.553. The number of hydrogen-bond donors (Lipinski definition) is 0. The Hall–Kier alpha value is -2.40. The summed E-state index contributed by atoms with van der Waals surface area (Å²) >= 11 is 1.63. The summed E-state index contributed by atoms with van der Waals surface area (Å²) in [6, 6.07) is 12.3. The molecule has 0 aliphatic carbocycles. The lowest BCUT2D eigenvalue weighted by molar-refractivity contribution is 0.501. The Balaban J connectivity index is 1.75. The summed E-state index contributed by atoms with van der Waals surface area (Å²) in [6.45, 7) is 2.12. The van der Waals surface area contributed by atoms with Gasteiger partial charge in [0.1, 0.15) is 28.3 Å². The molecule has 22 heavy (non-hydrogen) atoms. The predicted octanol–water partition coefficient (Wildman–Crippen LogP) is 4.63. The highest BCUT2D eigenvalue weighted by atomic mass is 32.1. The summed E-state index contributed by atoms with van der Waals surface area (Å²) in [5, 5.41) is 4.25. The van der Waals surface area contributed by atoms with Crippen LogP contribution in [-0.4, -0.2) is 17.0 Å². The molecule has 0 fully saturated rings. The third-order valence-corrected chi connectivity index (χ3v) is 4.83. The molecule has 0 amide bonds. The van der Waals surface area contributed by atoms with E-state index in [1.807, 2.05) is 30.6 Å². The third kappa shape index (κ3) is 2.05. The van der Waals surface area contributed by atoms with Crippen molar-refractivity contribution in [3.8, 4) is 0 Å². The summed E-state index contributed by atoms with van der Waals surface area (Å²) in [7, 11) is 2.04. The second kappa shape index (κ2) is 5.10. The van der Waals surface area contributed by atoms with E-state index in [0.29, 0.717) is 0 Å². The van der Waals surface area contributed by atoms with Crippen LogP contribution in [0.4, 0.5) is 5.82 Å². The predicted molar refractivity (Wildman–Crippen MR) is 90.4 cm³/mol. The fourth-order valence-electron chi connectivity index (χ4n) is 2.64. The van der Waals surface area contributed by atoms with Gasteiger partial charge >= 0.3 is 0 Å². The van der Waals surface area contributed by atoms with Gasteiger partial charge in [0.05, 0.1) is 11.4 Å². The summed E-state index contributed by atoms with van der Waals surface area (Å²) in [5.74, 6) is 1.87. The van der Waals surface area contributed by atoms with Crippen LogP contribution >= 0.6 is 11.3 Å². The number of thiophene rings is 1. The minimum absolute atomic E-state index is 0.0883. The van der Waals surface area contributed by atoms with Gasteiger partial charge in [0.25, 0.3) is 0 Å². The SMILES string of the molecule is CC(c1cc2ccccc2o1)N(C)c1ncnc2sccc12. The van der Waals surface area contributed by atoms with Gasteiger partial charge in [0.15, 0.2) is 0 Å². The zero-order chi connectivity index (χ0) is 15.1. The van der Waals surface area contributed by atoms with E-state index in [1.54, 1.807) is 17.7 Å². The van der Waals surface area contributed by atoms with Gasteiger partial charge < -0.3 is 9.32 Å². The smallest absolute Gasteiger partial charge is 0.141 e. The monoisotopic (exact) mass is 309 g/mol. The van der Waals surface area contributed by atoms with Crippen molar-refractivity contribution in [3.05, 3.63) is 53.9 Å². The zero-order valence-corrected chi connectivity index (χ0v) is 13.2. The highest BCUT2D eigenvalue weighted by Gasteiger charge is 2.19. The van der Waals surface area contributed by atoms with E-state index >= 15 is 0 Å². The number of rotatable bonds is 3. The molecule has 0 saturated carbocycles. The maximum atomic E-state index is 5.98. The molecule has 0 aliphatic rings. The number of furan rings is 1. The Morgan fingerprint density at radius 3 is 2.91 bits per heavy atom. The van der Waals surface area contributed by atoms with E-state index < -0.39 is 0 Å². The van der Waals surface area contributed by atoms with Crippen LogP contribution in [0.5, 0.6) is 0 Å². The van der Waals surface area contributed by atoms with Gasteiger partial charge in [-0.1, -0.05) is 18.2 Å². The first-order valence-corrected chi connectivity index (χ1v) is 8.01. The molecule has 4 rings (SSSR count). The lowest BCUT2D eigenvalue weighted by Crippen LogP contribution is -2.22. The molecule has 3 aromatic heterocycles. The normalized spacial score (nSPS) is 12.8. The number of para-hydroxylation sites is 1. The lowest BCUT2D eigenvalue weighted by atomic mass is 10.2.